The first-order valence-corrected chi connectivity index (χ1v) is 18.2. The van der Waals surface area contributed by atoms with E-state index in [2.05, 4.69) is 14.8 Å². The van der Waals surface area contributed by atoms with Crippen LogP contribution in [0.25, 0.3) is 44.5 Å². The van der Waals surface area contributed by atoms with Crippen molar-refractivity contribution in [2.45, 2.75) is 51.5 Å². The fourth-order valence-corrected chi connectivity index (χ4v) is 6.44. The average molecular weight is 831 g/mol. The number of hydrogen-bond acceptors (Lipinski definition) is 9. The molecule has 0 aliphatic carbocycles. The number of fused-ring (bicyclic) bond motifs is 2. The van der Waals surface area contributed by atoms with E-state index in [0.717, 1.165) is 29.5 Å². The Morgan fingerprint density at radius 2 is 1.02 bits per heavy atom. The second-order valence-electron chi connectivity index (χ2n) is 13.4. The van der Waals surface area contributed by atoms with Gasteiger partial charge in [0.2, 0.25) is 5.91 Å². The molecule has 2 aromatic heterocycles. The van der Waals surface area contributed by atoms with Gasteiger partial charge in [0.25, 0.3) is 0 Å². The van der Waals surface area contributed by atoms with Gasteiger partial charge in [-0.05, 0) is 110 Å². The number of benzene rings is 4. The van der Waals surface area contributed by atoms with Gasteiger partial charge in [-0.25, -0.2) is 9.59 Å². The number of hydrogen-bond donors (Lipinski definition) is 2. The van der Waals surface area contributed by atoms with Gasteiger partial charge < -0.3 is 33.6 Å². The van der Waals surface area contributed by atoms with Crippen LogP contribution in [0, 0.1) is 0 Å². The highest BCUT2D eigenvalue weighted by atomic mass is 19.4. The summed E-state index contributed by atoms with van der Waals surface area (Å²) in [6.45, 7) is 3.18. The van der Waals surface area contributed by atoms with Crippen molar-refractivity contribution in [1.82, 2.24) is 19.4 Å². The maximum Gasteiger partial charge on any atom is 0.573 e. The Kier molecular flexibility index (Phi) is 12.8. The second-order valence-corrected chi connectivity index (χ2v) is 13.4. The van der Waals surface area contributed by atoms with Gasteiger partial charge in [0, 0.05) is 13.1 Å². The van der Waals surface area contributed by atoms with E-state index in [1.165, 1.54) is 79.0 Å². The van der Waals surface area contributed by atoms with Gasteiger partial charge in [0.1, 0.15) is 24.6 Å². The molecule has 0 spiro atoms. The lowest BCUT2D eigenvalue weighted by Crippen LogP contribution is -2.33. The molecular formula is C40H36F6N4O9. The monoisotopic (exact) mass is 830 g/mol. The topological polar surface area (TPSA) is 158 Å². The van der Waals surface area contributed by atoms with Crippen LogP contribution in [-0.4, -0.2) is 69.9 Å². The minimum Gasteiger partial charge on any atom is -0.480 e. The van der Waals surface area contributed by atoms with Crippen LogP contribution in [0.15, 0.2) is 103 Å². The van der Waals surface area contributed by atoms with Crippen LogP contribution >= 0.6 is 0 Å². The first kappa shape index (κ1) is 42.1. The zero-order chi connectivity index (χ0) is 42.3. The fraction of sp³-hybridized carbons (Fsp3) is 0.300. The summed E-state index contributed by atoms with van der Waals surface area (Å²) in [7, 11) is 0. The summed E-state index contributed by atoms with van der Waals surface area (Å²) in [5.41, 5.74) is 3.72. The summed E-state index contributed by atoms with van der Waals surface area (Å²) < 4.78 is 93.6. The minimum absolute atomic E-state index is 0.117. The maximum atomic E-state index is 12.4. The Bertz CT molecular complexity index is 2500. The number of oxazole rings is 2. The normalized spacial score (nSPS) is 14.1. The molecule has 19 heteroatoms. The number of nitrogens with one attached hydrogen (secondary N) is 1. The second kappa shape index (κ2) is 18.0. The number of aromatic nitrogens is 2. The van der Waals surface area contributed by atoms with Gasteiger partial charge in [-0.3, -0.25) is 18.7 Å². The van der Waals surface area contributed by atoms with E-state index in [9.17, 15) is 45.5 Å². The highest BCUT2D eigenvalue weighted by Gasteiger charge is 2.32. The lowest BCUT2D eigenvalue weighted by Gasteiger charge is -2.15. The van der Waals surface area contributed by atoms with Crippen molar-refractivity contribution in [3.63, 3.8) is 0 Å². The molecule has 4 aromatic carbocycles. The van der Waals surface area contributed by atoms with E-state index >= 15 is 0 Å². The Hall–Kier alpha value is -6.50. The summed E-state index contributed by atoms with van der Waals surface area (Å²) in [5.74, 6) is -3.46. The highest BCUT2D eigenvalue weighted by Crippen LogP contribution is 2.30. The molecule has 0 atom stereocenters. The third kappa shape index (κ3) is 11.3. The largest absolute Gasteiger partial charge is 0.573 e. The van der Waals surface area contributed by atoms with Crippen molar-refractivity contribution < 1.29 is 59.3 Å². The Balaban J connectivity index is 0.000000179. The van der Waals surface area contributed by atoms with Gasteiger partial charge in [0.15, 0.2) is 11.2 Å². The molecule has 59 heavy (non-hydrogen) atoms. The van der Waals surface area contributed by atoms with Gasteiger partial charge >= 0.3 is 30.2 Å². The van der Waals surface area contributed by atoms with E-state index in [1.54, 1.807) is 29.2 Å². The van der Waals surface area contributed by atoms with E-state index in [4.69, 9.17) is 13.9 Å². The van der Waals surface area contributed by atoms with E-state index in [1.807, 2.05) is 0 Å². The van der Waals surface area contributed by atoms with Crippen LogP contribution in [0.3, 0.4) is 0 Å². The number of likely N-dealkylation sites (tertiary alicyclic amines) is 1. The molecule has 0 radical (unpaired) electrons. The van der Waals surface area contributed by atoms with Crippen LogP contribution in [0.5, 0.6) is 11.5 Å². The Morgan fingerprint density at radius 1 is 0.610 bits per heavy atom. The van der Waals surface area contributed by atoms with Gasteiger partial charge in [0.05, 0.1) is 11.0 Å². The number of carbonyl (C=O) groups excluding carboxylic acids is 1. The molecule has 6 aromatic rings. The van der Waals surface area contributed by atoms with Crippen LogP contribution in [0.4, 0.5) is 26.3 Å². The predicted octanol–water partition coefficient (Wildman–Crippen LogP) is 7.40. The zero-order valence-corrected chi connectivity index (χ0v) is 31.0. The van der Waals surface area contributed by atoms with Gasteiger partial charge in [-0.15, -0.1) is 26.3 Å². The summed E-state index contributed by atoms with van der Waals surface area (Å²) in [6.07, 6.45) is -4.85. The number of aliphatic carboxylic acids is 1. The van der Waals surface area contributed by atoms with Gasteiger partial charge in [-0.2, -0.15) is 0 Å². The number of carboxylic acid groups (broad SMARTS) is 1. The maximum absolute atomic E-state index is 12.4. The number of halogens is 6. The minimum atomic E-state index is -4.77. The van der Waals surface area contributed by atoms with E-state index < -0.39 is 36.8 Å². The summed E-state index contributed by atoms with van der Waals surface area (Å²) >= 11 is 0. The molecule has 0 saturated carbocycles. The van der Waals surface area contributed by atoms with Crippen molar-refractivity contribution >= 4 is 34.1 Å². The highest BCUT2D eigenvalue weighted by molar-refractivity contribution is 5.84. The van der Waals surface area contributed by atoms with E-state index in [0.29, 0.717) is 46.4 Å². The first-order chi connectivity index (χ1) is 28.0. The number of amides is 1. The molecule has 2 aliphatic heterocycles. The van der Waals surface area contributed by atoms with Crippen LogP contribution < -0.4 is 26.3 Å². The molecule has 2 fully saturated rings. The Labute approximate surface area is 329 Å². The molecule has 0 unspecified atom stereocenters. The van der Waals surface area contributed by atoms with E-state index in [-0.39, 0.29) is 35.1 Å². The average Bonchev–Trinajstić information content (AvgIpc) is 4.01. The molecule has 0 bridgehead atoms. The molecule has 2 aliphatic rings. The molecule has 13 nitrogen and oxygen atoms in total. The molecule has 4 heterocycles. The van der Waals surface area contributed by atoms with Crippen LogP contribution in [-0.2, 0) is 22.7 Å². The van der Waals surface area contributed by atoms with Crippen molar-refractivity contribution in [3.8, 4) is 33.8 Å². The number of rotatable bonds is 8. The van der Waals surface area contributed by atoms with Gasteiger partial charge in [-0.1, -0.05) is 36.4 Å². The first-order valence-electron chi connectivity index (χ1n) is 18.2. The standard InChI is InChI=1S/C20H17F3N2O4.C16H10F3NO5.C4H9N/c21-20(22,23)29-15-6-3-13(4-7-15)14-5-8-17-16(11-14)25(19(27)28-17)12-18(26)24-9-1-2-10-24;17-16(18,19)25-11-4-1-9(2-5-11)10-3-6-13-12(7-10)20(8-14(21)22)15(23)24-13;1-2-4-5-3-1/h3-8,11H,1-2,9-10,12H2;1-7H,8H2,(H,21,22);5H,1-4H2. The SMILES string of the molecule is C1CCNC1.O=C(Cn1c(=O)oc2ccc(-c3ccc(OC(F)(F)F)cc3)cc21)N1CCCC1.O=C(O)Cn1c(=O)oc2ccc(-c3ccc(OC(F)(F)F)cc3)cc21. The molecule has 312 valence electrons. The molecule has 2 saturated heterocycles. The number of carbonyl (C=O) groups is 2. The van der Waals surface area contributed by atoms with Crippen molar-refractivity contribution in [2.24, 2.45) is 0 Å². The quantitative estimate of drug-likeness (QED) is 0.148. The number of carboxylic acids is 1. The smallest absolute Gasteiger partial charge is 0.480 e. The zero-order valence-electron chi connectivity index (χ0n) is 31.0. The fourth-order valence-electron chi connectivity index (χ4n) is 6.44. The Morgan fingerprint density at radius 3 is 1.39 bits per heavy atom. The summed E-state index contributed by atoms with van der Waals surface area (Å²) in [5, 5.41) is 12.1. The summed E-state index contributed by atoms with van der Waals surface area (Å²) in [4.78, 5) is 48.9. The third-order valence-electron chi connectivity index (χ3n) is 9.18. The van der Waals surface area contributed by atoms with Crippen molar-refractivity contribution in [3.05, 3.63) is 106 Å². The molecule has 8 rings (SSSR count). The lowest BCUT2D eigenvalue weighted by atomic mass is 10.1. The van der Waals surface area contributed by atoms with Crippen LogP contribution in [0.1, 0.15) is 25.7 Å². The number of nitrogens with zero attached hydrogens (tertiary/aromatic N) is 3. The number of alkyl halides is 6. The lowest BCUT2D eigenvalue weighted by molar-refractivity contribution is -0.275. The van der Waals surface area contributed by atoms with Crippen LogP contribution in [0.2, 0.25) is 0 Å². The van der Waals surface area contributed by atoms with Crippen molar-refractivity contribution in [1.29, 1.82) is 0 Å². The molecule has 2 N–H and O–H groups in total. The third-order valence-corrected chi connectivity index (χ3v) is 9.18. The number of ether oxygens (including phenoxy) is 2. The summed E-state index contributed by atoms with van der Waals surface area (Å²) in [6, 6.07) is 20.2. The predicted molar refractivity (Wildman–Crippen MR) is 201 cm³/mol. The molecule has 1 amide bonds. The van der Waals surface area contributed by atoms with Crippen molar-refractivity contribution in [2.75, 3.05) is 26.2 Å². The molecular weight excluding hydrogens is 794 g/mol.